The lowest BCUT2D eigenvalue weighted by molar-refractivity contribution is -0.136. The summed E-state index contributed by atoms with van der Waals surface area (Å²) in [4.78, 5) is 21.1. The second-order valence-corrected chi connectivity index (χ2v) is 9.31. The number of alkyl halides is 3. The van der Waals surface area contributed by atoms with Crippen molar-refractivity contribution in [1.29, 1.82) is 0 Å². The molecule has 1 aliphatic rings. The van der Waals surface area contributed by atoms with Crippen LogP contribution in [0.2, 0.25) is 5.15 Å². The Hall–Kier alpha value is -2.67. The minimum Gasteiger partial charge on any atom is -0.477 e. The summed E-state index contributed by atoms with van der Waals surface area (Å²) in [7, 11) is 0. The number of anilines is 2. The number of nitrogen functional groups attached to an aromatic ring is 1. The second-order valence-electron chi connectivity index (χ2n) is 7.93. The Morgan fingerprint density at radius 3 is 2.65 bits per heavy atom. The molecule has 3 aromatic rings. The minimum absolute atomic E-state index is 0.0481. The average molecular weight is 516 g/mol. The molecule has 4 rings (SSSR count). The van der Waals surface area contributed by atoms with Crippen molar-refractivity contribution in [3.05, 3.63) is 45.6 Å². The molecule has 1 atom stereocenters. The number of piperidine rings is 1. The van der Waals surface area contributed by atoms with E-state index in [-0.39, 0.29) is 38.7 Å². The molecule has 0 spiro atoms. The van der Waals surface area contributed by atoms with Crippen LogP contribution in [0.4, 0.5) is 24.7 Å². The lowest BCUT2D eigenvalue weighted by Crippen LogP contribution is -2.44. The van der Waals surface area contributed by atoms with E-state index in [9.17, 15) is 28.2 Å². The van der Waals surface area contributed by atoms with Gasteiger partial charge in [-0.05, 0) is 31.0 Å². The number of pyridine rings is 2. The van der Waals surface area contributed by atoms with Gasteiger partial charge in [-0.2, -0.15) is 13.2 Å². The van der Waals surface area contributed by atoms with Gasteiger partial charge in [0.05, 0.1) is 16.9 Å². The summed E-state index contributed by atoms with van der Waals surface area (Å²) in [5.41, 5.74) is 4.76. The summed E-state index contributed by atoms with van der Waals surface area (Å²) in [6, 6.07) is 5.97. The third kappa shape index (κ3) is 5.04. The summed E-state index contributed by atoms with van der Waals surface area (Å²) in [6.07, 6.45) is -4.33. The minimum atomic E-state index is -4.72. The monoisotopic (exact) mass is 515 g/mol. The number of aromatic nitrogens is 2. The molecule has 3 aromatic heterocycles. The van der Waals surface area contributed by atoms with Gasteiger partial charge in [0.25, 0.3) is 0 Å². The summed E-state index contributed by atoms with van der Waals surface area (Å²) in [5.74, 6) is -1.27. The summed E-state index contributed by atoms with van der Waals surface area (Å²) >= 11 is 6.49. The highest BCUT2D eigenvalue weighted by molar-refractivity contribution is 7.21. The van der Waals surface area contributed by atoms with Gasteiger partial charge in [0, 0.05) is 31.1 Å². The highest BCUT2D eigenvalue weighted by Gasteiger charge is 2.37. The largest absolute Gasteiger partial charge is 0.477 e. The van der Waals surface area contributed by atoms with Gasteiger partial charge in [-0.1, -0.05) is 17.7 Å². The number of aromatic carboxylic acids is 1. The molecule has 1 saturated heterocycles. The van der Waals surface area contributed by atoms with Crippen molar-refractivity contribution in [3.8, 4) is 0 Å². The highest BCUT2D eigenvalue weighted by atomic mass is 35.5. The van der Waals surface area contributed by atoms with Gasteiger partial charge >= 0.3 is 12.1 Å². The first-order valence-electron chi connectivity index (χ1n) is 10.4. The molecule has 182 valence electrons. The summed E-state index contributed by atoms with van der Waals surface area (Å²) in [5, 5.41) is 22.7. The van der Waals surface area contributed by atoms with Crippen molar-refractivity contribution in [1.82, 2.24) is 15.3 Å². The maximum Gasteiger partial charge on any atom is 0.417 e. The second kappa shape index (κ2) is 9.53. The van der Waals surface area contributed by atoms with E-state index in [0.717, 1.165) is 6.07 Å². The Kier molecular flexibility index (Phi) is 6.85. The van der Waals surface area contributed by atoms with Gasteiger partial charge < -0.3 is 26.2 Å². The van der Waals surface area contributed by atoms with Crippen LogP contribution in [-0.4, -0.2) is 51.8 Å². The number of hydrogen-bond acceptors (Lipinski definition) is 8. The first-order chi connectivity index (χ1) is 16.0. The van der Waals surface area contributed by atoms with E-state index >= 15 is 0 Å². The number of carbonyl (C=O) groups is 1. The van der Waals surface area contributed by atoms with Crippen LogP contribution >= 0.6 is 22.9 Å². The molecule has 34 heavy (non-hydrogen) atoms. The van der Waals surface area contributed by atoms with Crippen molar-refractivity contribution >= 4 is 50.6 Å². The van der Waals surface area contributed by atoms with E-state index in [4.69, 9.17) is 17.3 Å². The molecule has 13 heteroatoms. The van der Waals surface area contributed by atoms with E-state index in [1.54, 1.807) is 23.1 Å². The summed E-state index contributed by atoms with van der Waals surface area (Å²) in [6.45, 7) is 1.13. The smallest absolute Gasteiger partial charge is 0.417 e. The third-order valence-corrected chi connectivity index (χ3v) is 6.98. The fourth-order valence-electron chi connectivity index (χ4n) is 3.96. The van der Waals surface area contributed by atoms with Crippen LogP contribution in [-0.2, 0) is 6.18 Å². The number of aliphatic hydroxyl groups excluding tert-OH is 1. The van der Waals surface area contributed by atoms with Crippen LogP contribution in [0.25, 0.3) is 10.2 Å². The van der Waals surface area contributed by atoms with Gasteiger partial charge in [-0.25, -0.2) is 14.8 Å². The normalized spacial score (nSPS) is 16.2. The quantitative estimate of drug-likeness (QED) is 0.364. The van der Waals surface area contributed by atoms with E-state index in [2.05, 4.69) is 15.3 Å². The zero-order valence-corrected chi connectivity index (χ0v) is 19.2. The third-order valence-electron chi connectivity index (χ3n) is 5.68. The molecule has 0 aromatic carbocycles. The number of nitrogens with two attached hydrogens (primary N) is 1. The molecule has 0 radical (unpaired) electrons. The Morgan fingerprint density at radius 1 is 1.32 bits per heavy atom. The fraction of sp³-hybridized carbons (Fsp3) is 0.381. The maximum atomic E-state index is 13.8. The van der Waals surface area contributed by atoms with Gasteiger partial charge in [0.2, 0.25) is 0 Å². The number of hydrogen-bond donors (Lipinski definition) is 4. The first kappa shape index (κ1) is 24.5. The number of carboxylic acid groups (broad SMARTS) is 1. The molecule has 8 nitrogen and oxygen atoms in total. The molecular weight excluding hydrogens is 495 g/mol. The van der Waals surface area contributed by atoms with Gasteiger partial charge in [0.1, 0.15) is 26.8 Å². The van der Waals surface area contributed by atoms with E-state index < -0.39 is 29.5 Å². The number of rotatable bonds is 6. The van der Waals surface area contributed by atoms with Gasteiger partial charge in [-0.3, -0.25) is 0 Å². The Balaban J connectivity index is 1.47. The average Bonchev–Trinajstić information content (AvgIpc) is 3.13. The number of aliphatic hydroxyl groups is 1. The van der Waals surface area contributed by atoms with Crippen LogP contribution in [0.15, 0.2) is 24.3 Å². The van der Waals surface area contributed by atoms with Crippen LogP contribution in [0.1, 0.15) is 39.9 Å². The zero-order chi connectivity index (χ0) is 24.6. The van der Waals surface area contributed by atoms with Crippen molar-refractivity contribution in [2.24, 2.45) is 0 Å². The van der Waals surface area contributed by atoms with E-state index in [1.165, 1.54) is 0 Å². The maximum absolute atomic E-state index is 13.8. The lowest BCUT2D eigenvalue weighted by Gasteiger charge is -2.34. The number of halogens is 4. The number of nitrogens with one attached hydrogen (secondary N) is 1. The van der Waals surface area contributed by atoms with Crippen LogP contribution < -0.4 is 16.0 Å². The predicted molar refractivity (Wildman–Crippen MR) is 123 cm³/mol. The van der Waals surface area contributed by atoms with E-state index in [1.807, 2.05) is 0 Å². The molecule has 1 fully saturated rings. The Bertz CT molecular complexity index is 1210. The molecule has 5 N–H and O–H groups in total. The number of fused-ring (bicyclic) bond motifs is 1. The Labute approximate surface area is 201 Å². The van der Waals surface area contributed by atoms with E-state index in [0.29, 0.717) is 43.0 Å². The molecule has 4 heterocycles. The molecule has 1 aliphatic heterocycles. The van der Waals surface area contributed by atoms with Crippen LogP contribution in [0.5, 0.6) is 0 Å². The van der Waals surface area contributed by atoms with Crippen molar-refractivity contribution in [3.63, 3.8) is 0 Å². The lowest BCUT2D eigenvalue weighted by atomic mass is 10.0. The first-order valence-corrected chi connectivity index (χ1v) is 11.6. The molecule has 0 saturated carbocycles. The Morgan fingerprint density at radius 2 is 2.03 bits per heavy atom. The van der Waals surface area contributed by atoms with Gasteiger partial charge in [-0.15, -0.1) is 11.3 Å². The fourth-order valence-corrected chi connectivity index (χ4v) is 5.08. The standard InChI is InChI=1S/C21H21ClF3N5O3S/c22-14-3-1-2-12(28-14)13(31)9-27-10-4-6-30(7-5-10)15-8-11(21(23,24)25)16-17(26)18(20(32)33)34-19(16)29-15/h1-3,8,10,13,27,31H,4-7,9,26H2,(H,32,33)/t13-/m0/s1. The SMILES string of the molecule is Nc1c(C(=O)O)sc2nc(N3CCC(NC[C@H](O)c4cccc(Cl)n4)CC3)cc(C(F)(F)F)c12. The van der Waals surface area contributed by atoms with Crippen LogP contribution in [0.3, 0.4) is 0 Å². The number of carboxylic acids is 1. The molecular formula is C21H21ClF3N5O3S. The molecule has 0 aliphatic carbocycles. The van der Waals surface area contributed by atoms with Crippen LogP contribution in [0, 0.1) is 0 Å². The molecule has 0 unspecified atom stereocenters. The molecule has 0 amide bonds. The molecule has 0 bridgehead atoms. The predicted octanol–water partition coefficient (Wildman–Crippen LogP) is 3.94. The van der Waals surface area contributed by atoms with Crippen molar-refractivity contribution in [2.45, 2.75) is 31.2 Å². The van der Waals surface area contributed by atoms with Crippen molar-refractivity contribution < 1.29 is 28.2 Å². The van der Waals surface area contributed by atoms with Gasteiger partial charge in [0.15, 0.2) is 0 Å². The van der Waals surface area contributed by atoms with Crippen molar-refractivity contribution in [2.75, 3.05) is 30.3 Å². The number of thiophene rings is 1. The summed E-state index contributed by atoms with van der Waals surface area (Å²) < 4.78 is 41.3. The number of nitrogens with zero attached hydrogens (tertiary/aromatic N) is 3. The zero-order valence-electron chi connectivity index (χ0n) is 17.6. The topological polar surface area (TPSA) is 125 Å². The highest BCUT2D eigenvalue weighted by Crippen LogP contribution is 2.43.